The van der Waals surface area contributed by atoms with Crippen molar-refractivity contribution in [3.8, 4) is 6.07 Å². The van der Waals surface area contributed by atoms with Gasteiger partial charge in [0.05, 0.1) is 12.1 Å². The van der Waals surface area contributed by atoms with Crippen LogP contribution in [0, 0.1) is 11.3 Å². The van der Waals surface area contributed by atoms with Gasteiger partial charge in [-0.1, -0.05) is 6.92 Å². The Morgan fingerprint density at radius 3 is 2.85 bits per heavy atom. The summed E-state index contributed by atoms with van der Waals surface area (Å²) in [6, 6.07) is 2.21. The van der Waals surface area contributed by atoms with Gasteiger partial charge in [0.15, 0.2) is 0 Å². The second-order valence-electron chi connectivity index (χ2n) is 2.72. The van der Waals surface area contributed by atoms with Crippen LogP contribution in [0.25, 0.3) is 0 Å². The largest absolute Gasteiger partial charge is 0.396 e. The third-order valence-corrected chi connectivity index (χ3v) is 2.71. The van der Waals surface area contributed by atoms with Gasteiger partial charge in [0.25, 0.3) is 0 Å². The van der Waals surface area contributed by atoms with Gasteiger partial charge in [-0.25, -0.2) is 0 Å². The van der Waals surface area contributed by atoms with E-state index in [2.05, 4.69) is 11.4 Å². The molecule has 0 saturated heterocycles. The molecule has 0 radical (unpaired) electrons. The van der Waals surface area contributed by atoms with E-state index in [1.807, 2.05) is 6.92 Å². The molecule has 0 saturated carbocycles. The number of nitriles is 1. The van der Waals surface area contributed by atoms with Gasteiger partial charge in [-0.2, -0.15) is 17.0 Å². The van der Waals surface area contributed by atoms with Crippen molar-refractivity contribution in [3.63, 3.8) is 0 Å². The van der Waals surface area contributed by atoms with Crippen LogP contribution in [0.4, 0.5) is 0 Å². The van der Waals surface area contributed by atoms with E-state index in [1.54, 1.807) is 11.8 Å². The van der Waals surface area contributed by atoms with Gasteiger partial charge in [-0.05, 0) is 30.9 Å². The van der Waals surface area contributed by atoms with Crippen molar-refractivity contribution in [2.24, 2.45) is 0 Å². The van der Waals surface area contributed by atoms with E-state index in [4.69, 9.17) is 10.4 Å². The van der Waals surface area contributed by atoms with Crippen molar-refractivity contribution in [2.45, 2.75) is 25.8 Å². The van der Waals surface area contributed by atoms with Gasteiger partial charge in [0.2, 0.25) is 0 Å². The van der Waals surface area contributed by atoms with Gasteiger partial charge in [0.1, 0.15) is 0 Å². The molecule has 0 aromatic carbocycles. The molecule has 2 N–H and O–H groups in total. The first-order valence-electron chi connectivity index (χ1n) is 4.66. The summed E-state index contributed by atoms with van der Waals surface area (Å²) >= 11 is 1.80. The monoisotopic (exact) mass is 202 g/mol. The van der Waals surface area contributed by atoms with E-state index in [-0.39, 0.29) is 12.6 Å². The second-order valence-corrected chi connectivity index (χ2v) is 3.94. The van der Waals surface area contributed by atoms with Crippen molar-refractivity contribution >= 4 is 11.8 Å². The molecule has 76 valence electrons. The Morgan fingerprint density at radius 1 is 1.54 bits per heavy atom. The van der Waals surface area contributed by atoms with E-state index in [0.717, 1.165) is 30.9 Å². The number of rotatable bonds is 8. The lowest BCUT2D eigenvalue weighted by Crippen LogP contribution is -2.27. The number of hydrogen-bond donors (Lipinski definition) is 2. The van der Waals surface area contributed by atoms with Gasteiger partial charge in [0, 0.05) is 6.61 Å². The van der Waals surface area contributed by atoms with Crippen LogP contribution >= 0.6 is 11.8 Å². The zero-order valence-corrected chi connectivity index (χ0v) is 8.94. The van der Waals surface area contributed by atoms with Gasteiger partial charge < -0.3 is 10.4 Å². The molecule has 1 unspecified atom stereocenters. The predicted molar refractivity (Wildman–Crippen MR) is 56.7 cm³/mol. The highest BCUT2D eigenvalue weighted by Crippen LogP contribution is 2.05. The summed E-state index contributed by atoms with van der Waals surface area (Å²) in [6.07, 6.45) is 1.74. The molecule has 0 rings (SSSR count). The van der Waals surface area contributed by atoms with Crippen molar-refractivity contribution in [3.05, 3.63) is 0 Å². The minimum Gasteiger partial charge on any atom is -0.396 e. The smallest absolute Gasteiger partial charge is 0.0960 e. The molecule has 13 heavy (non-hydrogen) atoms. The van der Waals surface area contributed by atoms with Crippen LogP contribution in [0.3, 0.4) is 0 Å². The predicted octanol–water partition coefficient (Wildman–Crippen LogP) is 0.994. The van der Waals surface area contributed by atoms with E-state index >= 15 is 0 Å². The zero-order chi connectivity index (χ0) is 9.94. The minimum absolute atomic E-state index is 0.00775. The third-order valence-electron chi connectivity index (χ3n) is 1.60. The molecule has 0 amide bonds. The summed E-state index contributed by atoms with van der Waals surface area (Å²) < 4.78 is 0. The van der Waals surface area contributed by atoms with Gasteiger partial charge in [-0.3, -0.25) is 0 Å². The molecular formula is C9H18N2OS. The lowest BCUT2D eigenvalue weighted by molar-refractivity contribution is 0.296. The number of thioether (sulfide) groups is 1. The molecule has 0 aromatic rings. The van der Waals surface area contributed by atoms with Crippen LogP contribution in [-0.4, -0.2) is 35.8 Å². The maximum absolute atomic E-state index is 8.70. The normalized spacial score (nSPS) is 12.4. The van der Waals surface area contributed by atoms with Crippen LogP contribution in [0.15, 0.2) is 0 Å². The van der Waals surface area contributed by atoms with Gasteiger partial charge in [-0.15, -0.1) is 0 Å². The van der Waals surface area contributed by atoms with Crippen LogP contribution in [0.2, 0.25) is 0 Å². The fraction of sp³-hybridized carbons (Fsp3) is 0.889. The first-order chi connectivity index (χ1) is 6.35. The Hall–Kier alpha value is -0.240. The lowest BCUT2D eigenvalue weighted by atomic mass is 10.2. The van der Waals surface area contributed by atoms with Crippen LogP contribution < -0.4 is 5.32 Å². The summed E-state index contributed by atoms with van der Waals surface area (Å²) in [5.74, 6) is 1.98. The Kier molecular flexibility index (Phi) is 9.66. The van der Waals surface area contributed by atoms with Gasteiger partial charge >= 0.3 is 0 Å². The fourth-order valence-corrected chi connectivity index (χ4v) is 1.87. The lowest BCUT2D eigenvalue weighted by Gasteiger charge is -2.08. The highest BCUT2D eigenvalue weighted by Gasteiger charge is 2.03. The molecule has 0 fully saturated rings. The molecule has 0 aliphatic rings. The Labute approximate surface area is 84.5 Å². The Morgan fingerprint density at radius 2 is 2.31 bits per heavy atom. The summed E-state index contributed by atoms with van der Waals surface area (Å²) in [5, 5.41) is 20.3. The van der Waals surface area contributed by atoms with Crippen molar-refractivity contribution in [1.82, 2.24) is 5.32 Å². The number of nitrogens with one attached hydrogen (secondary N) is 1. The molecule has 1 atom stereocenters. The number of aliphatic hydroxyl groups is 1. The van der Waals surface area contributed by atoms with E-state index in [1.165, 1.54) is 0 Å². The average molecular weight is 202 g/mol. The Bertz CT molecular complexity index is 147. The SMILES string of the molecule is CCNC(C#N)CCSCCCO. The van der Waals surface area contributed by atoms with Crippen molar-refractivity contribution in [1.29, 1.82) is 5.26 Å². The molecule has 0 aliphatic carbocycles. The van der Waals surface area contributed by atoms with Crippen molar-refractivity contribution in [2.75, 3.05) is 24.7 Å². The fourth-order valence-electron chi connectivity index (χ4n) is 0.929. The van der Waals surface area contributed by atoms with Crippen molar-refractivity contribution < 1.29 is 5.11 Å². The number of aliphatic hydroxyl groups excluding tert-OH is 1. The highest BCUT2D eigenvalue weighted by atomic mass is 32.2. The summed E-state index contributed by atoms with van der Waals surface area (Å²) in [4.78, 5) is 0. The molecule has 4 heteroatoms. The van der Waals surface area contributed by atoms with Crippen LogP contribution in [0.1, 0.15) is 19.8 Å². The van der Waals surface area contributed by atoms with Crippen LogP contribution in [-0.2, 0) is 0 Å². The highest BCUT2D eigenvalue weighted by molar-refractivity contribution is 7.99. The maximum Gasteiger partial charge on any atom is 0.0960 e. The third kappa shape index (κ3) is 8.10. The molecule has 0 aromatic heterocycles. The molecule has 3 nitrogen and oxygen atoms in total. The molecular weight excluding hydrogens is 184 g/mol. The number of hydrogen-bond acceptors (Lipinski definition) is 4. The quantitative estimate of drug-likeness (QED) is 0.576. The van der Waals surface area contributed by atoms with E-state index in [9.17, 15) is 0 Å². The molecule has 0 spiro atoms. The second kappa shape index (κ2) is 9.85. The topological polar surface area (TPSA) is 56.0 Å². The molecule has 0 bridgehead atoms. The van der Waals surface area contributed by atoms with Crippen LogP contribution in [0.5, 0.6) is 0 Å². The zero-order valence-electron chi connectivity index (χ0n) is 8.12. The summed E-state index contributed by atoms with van der Waals surface area (Å²) in [6.45, 7) is 3.12. The first kappa shape index (κ1) is 12.8. The minimum atomic E-state index is -0.00775. The summed E-state index contributed by atoms with van der Waals surface area (Å²) in [7, 11) is 0. The molecule has 0 heterocycles. The Balaban J connectivity index is 3.24. The average Bonchev–Trinajstić information content (AvgIpc) is 2.16. The standard InChI is InChI=1S/C9H18N2OS/c1-2-11-9(8-10)4-7-13-6-3-5-12/h9,11-12H,2-7H2,1H3. The number of nitrogens with zero attached hydrogens (tertiary/aromatic N) is 1. The van der Waals surface area contributed by atoms with E-state index < -0.39 is 0 Å². The molecule has 0 aliphatic heterocycles. The first-order valence-corrected chi connectivity index (χ1v) is 5.82. The maximum atomic E-state index is 8.70. The van der Waals surface area contributed by atoms with E-state index in [0.29, 0.717) is 0 Å². The summed E-state index contributed by atoms with van der Waals surface area (Å²) in [5.41, 5.74) is 0.